The van der Waals surface area contributed by atoms with Crippen LogP contribution in [0, 0.1) is 13.8 Å². The first kappa shape index (κ1) is 15.7. The van der Waals surface area contributed by atoms with E-state index in [-0.39, 0.29) is 5.91 Å². The molecule has 0 aromatic carbocycles. The molecule has 0 spiro atoms. The van der Waals surface area contributed by atoms with Gasteiger partial charge in [-0.15, -0.1) is 0 Å². The van der Waals surface area contributed by atoms with Gasteiger partial charge in [0.1, 0.15) is 0 Å². The Kier molecular flexibility index (Phi) is 6.02. The van der Waals surface area contributed by atoms with Gasteiger partial charge in [-0.25, -0.2) is 0 Å². The fourth-order valence-electron chi connectivity index (χ4n) is 2.19. The van der Waals surface area contributed by atoms with E-state index in [1.54, 1.807) is 0 Å². The smallest absolute Gasteiger partial charge is 0.224 e. The standard InChI is InChI=1S/C14H26N4O/c1-6-18(7-2)9-8-15-14(19)10-13-11(3)16-17(5)12(13)4/h6-10H2,1-5H3,(H,15,19). The van der Waals surface area contributed by atoms with E-state index < -0.39 is 0 Å². The highest BCUT2D eigenvalue weighted by Gasteiger charge is 2.13. The van der Waals surface area contributed by atoms with Crippen LogP contribution >= 0.6 is 0 Å². The van der Waals surface area contributed by atoms with Crippen LogP contribution in [0.5, 0.6) is 0 Å². The molecule has 0 bridgehead atoms. The molecule has 1 rings (SSSR count). The molecule has 108 valence electrons. The lowest BCUT2D eigenvalue weighted by molar-refractivity contribution is -0.120. The van der Waals surface area contributed by atoms with Gasteiger partial charge in [-0.05, 0) is 26.9 Å². The Morgan fingerprint density at radius 3 is 2.42 bits per heavy atom. The molecular formula is C14H26N4O. The highest BCUT2D eigenvalue weighted by molar-refractivity contribution is 5.79. The highest BCUT2D eigenvalue weighted by atomic mass is 16.1. The average Bonchev–Trinajstić information content (AvgIpc) is 2.61. The third-order valence-electron chi connectivity index (χ3n) is 3.64. The molecule has 0 atom stereocenters. The number of carbonyl (C=O) groups excluding carboxylic acids is 1. The second kappa shape index (κ2) is 7.28. The molecule has 0 aliphatic carbocycles. The van der Waals surface area contributed by atoms with Gasteiger partial charge < -0.3 is 10.2 Å². The lowest BCUT2D eigenvalue weighted by Crippen LogP contribution is -2.35. The summed E-state index contributed by atoms with van der Waals surface area (Å²) in [5.41, 5.74) is 3.05. The number of hydrogen-bond donors (Lipinski definition) is 1. The molecule has 0 aliphatic heterocycles. The normalized spacial score (nSPS) is 11.1. The molecule has 19 heavy (non-hydrogen) atoms. The quantitative estimate of drug-likeness (QED) is 0.802. The molecule has 0 aliphatic rings. The molecule has 0 saturated heterocycles. The van der Waals surface area contributed by atoms with E-state index in [1.165, 1.54) is 0 Å². The zero-order chi connectivity index (χ0) is 14.4. The Bertz CT molecular complexity index is 421. The molecule has 0 fully saturated rings. The van der Waals surface area contributed by atoms with E-state index in [1.807, 2.05) is 25.6 Å². The number of nitrogens with one attached hydrogen (secondary N) is 1. The SMILES string of the molecule is CCN(CC)CCNC(=O)Cc1c(C)nn(C)c1C. The largest absolute Gasteiger partial charge is 0.355 e. The van der Waals surface area contributed by atoms with Gasteiger partial charge >= 0.3 is 0 Å². The van der Waals surface area contributed by atoms with Crippen LogP contribution in [0.4, 0.5) is 0 Å². The highest BCUT2D eigenvalue weighted by Crippen LogP contribution is 2.12. The van der Waals surface area contributed by atoms with Crippen LogP contribution in [0.15, 0.2) is 0 Å². The van der Waals surface area contributed by atoms with E-state index in [0.717, 1.165) is 36.6 Å². The number of amides is 1. The van der Waals surface area contributed by atoms with Crippen LogP contribution < -0.4 is 5.32 Å². The Morgan fingerprint density at radius 2 is 1.95 bits per heavy atom. The Hall–Kier alpha value is -1.36. The maximum Gasteiger partial charge on any atom is 0.224 e. The van der Waals surface area contributed by atoms with Crippen LogP contribution in [0.1, 0.15) is 30.8 Å². The van der Waals surface area contributed by atoms with Crippen molar-refractivity contribution in [3.05, 3.63) is 17.0 Å². The van der Waals surface area contributed by atoms with E-state index in [4.69, 9.17) is 0 Å². The van der Waals surface area contributed by atoms with Crippen molar-refractivity contribution >= 4 is 5.91 Å². The minimum Gasteiger partial charge on any atom is -0.355 e. The molecule has 0 radical (unpaired) electrons. The second-order valence-corrected chi connectivity index (χ2v) is 4.83. The van der Waals surface area contributed by atoms with Crippen LogP contribution in [-0.2, 0) is 18.3 Å². The van der Waals surface area contributed by atoms with Crippen molar-refractivity contribution in [2.45, 2.75) is 34.1 Å². The third-order valence-corrected chi connectivity index (χ3v) is 3.64. The zero-order valence-corrected chi connectivity index (χ0v) is 12.8. The first-order valence-corrected chi connectivity index (χ1v) is 6.97. The van der Waals surface area contributed by atoms with E-state index in [2.05, 4.69) is 29.2 Å². The Balaban J connectivity index is 2.43. The number of aromatic nitrogens is 2. The topological polar surface area (TPSA) is 50.2 Å². The number of hydrogen-bond acceptors (Lipinski definition) is 3. The molecule has 5 heteroatoms. The fraction of sp³-hybridized carbons (Fsp3) is 0.714. The van der Waals surface area contributed by atoms with Gasteiger partial charge in [-0.3, -0.25) is 9.48 Å². The Labute approximate surface area is 116 Å². The van der Waals surface area contributed by atoms with Gasteiger partial charge in [0.05, 0.1) is 12.1 Å². The summed E-state index contributed by atoms with van der Waals surface area (Å²) in [6.45, 7) is 11.9. The molecule has 1 aromatic rings. The maximum absolute atomic E-state index is 11.9. The molecule has 0 unspecified atom stereocenters. The van der Waals surface area contributed by atoms with E-state index in [0.29, 0.717) is 13.0 Å². The summed E-state index contributed by atoms with van der Waals surface area (Å²) < 4.78 is 1.83. The van der Waals surface area contributed by atoms with Crippen LogP contribution in [0.25, 0.3) is 0 Å². The van der Waals surface area contributed by atoms with Gasteiger partial charge in [0.15, 0.2) is 0 Å². The number of likely N-dealkylation sites (N-methyl/N-ethyl adjacent to an activating group) is 1. The van der Waals surface area contributed by atoms with Crippen molar-refractivity contribution in [1.29, 1.82) is 0 Å². The lowest BCUT2D eigenvalue weighted by Gasteiger charge is -2.17. The Morgan fingerprint density at radius 1 is 1.32 bits per heavy atom. The van der Waals surface area contributed by atoms with Crippen molar-refractivity contribution < 1.29 is 4.79 Å². The number of rotatable bonds is 7. The minimum atomic E-state index is 0.0753. The second-order valence-electron chi connectivity index (χ2n) is 4.83. The van der Waals surface area contributed by atoms with Gasteiger partial charge in [-0.2, -0.15) is 5.10 Å². The molecule has 1 N–H and O–H groups in total. The summed E-state index contributed by atoms with van der Waals surface area (Å²) in [6, 6.07) is 0. The molecule has 5 nitrogen and oxygen atoms in total. The van der Waals surface area contributed by atoms with Crippen molar-refractivity contribution in [3.63, 3.8) is 0 Å². The lowest BCUT2D eigenvalue weighted by atomic mass is 10.1. The van der Waals surface area contributed by atoms with Crippen LogP contribution in [-0.4, -0.2) is 46.8 Å². The fourth-order valence-corrected chi connectivity index (χ4v) is 2.19. The van der Waals surface area contributed by atoms with Crippen molar-refractivity contribution in [2.24, 2.45) is 7.05 Å². The van der Waals surface area contributed by atoms with Crippen molar-refractivity contribution in [3.8, 4) is 0 Å². The van der Waals surface area contributed by atoms with Crippen LogP contribution in [0.2, 0.25) is 0 Å². The average molecular weight is 266 g/mol. The molecule has 1 heterocycles. The minimum absolute atomic E-state index is 0.0753. The predicted octanol–water partition coefficient (Wildman–Crippen LogP) is 1.04. The summed E-state index contributed by atoms with van der Waals surface area (Å²) in [7, 11) is 1.91. The first-order chi connectivity index (χ1) is 8.99. The van der Waals surface area contributed by atoms with E-state index >= 15 is 0 Å². The van der Waals surface area contributed by atoms with Crippen molar-refractivity contribution in [2.75, 3.05) is 26.2 Å². The van der Waals surface area contributed by atoms with Gasteiger partial charge in [0.2, 0.25) is 5.91 Å². The monoisotopic (exact) mass is 266 g/mol. The van der Waals surface area contributed by atoms with Crippen molar-refractivity contribution in [1.82, 2.24) is 20.0 Å². The predicted molar refractivity (Wildman–Crippen MR) is 77.2 cm³/mol. The van der Waals surface area contributed by atoms with Crippen LogP contribution in [0.3, 0.4) is 0 Å². The molecule has 1 amide bonds. The maximum atomic E-state index is 11.9. The number of carbonyl (C=O) groups is 1. The third kappa shape index (κ3) is 4.35. The number of nitrogens with zero attached hydrogens (tertiary/aromatic N) is 3. The molecular weight excluding hydrogens is 240 g/mol. The summed E-state index contributed by atoms with van der Waals surface area (Å²) in [5, 5.41) is 7.30. The summed E-state index contributed by atoms with van der Waals surface area (Å²) in [4.78, 5) is 14.2. The van der Waals surface area contributed by atoms with E-state index in [9.17, 15) is 4.79 Å². The first-order valence-electron chi connectivity index (χ1n) is 6.97. The summed E-state index contributed by atoms with van der Waals surface area (Å²) in [6.07, 6.45) is 0.420. The summed E-state index contributed by atoms with van der Waals surface area (Å²) >= 11 is 0. The summed E-state index contributed by atoms with van der Waals surface area (Å²) in [5.74, 6) is 0.0753. The molecule has 1 aromatic heterocycles. The van der Waals surface area contributed by atoms with Gasteiger partial charge in [0.25, 0.3) is 0 Å². The van der Waals surface area contributed by atoms with Gasteiger partial charge in [0, 0.05) is 31.4 Å². The zero-order valence-electron chi connectivity index (χ0n) is 12.8. The van der Waals surface area contributed by atoms with Gasteiger partial charge in [-0.1, -0.05) is 13.8 Å². The number of aryl methyl sites for hydroxylation is 2. The molecule has 0 saturated carbocycles.